The smallest absolute Gasteiger partial charge is 0.387 e. The Morgan fingerprint density at radius 3 is 2.52 bits per heavy atom. The van der Waals surface area contributed by atoms with Crippen molar-refractivity contribution >= 4 is 12.2 Å². The van der Waals surface area contributed by atoms with Crippen LogP contribution in [0.5, 0.6) is 5.75 Å². The van der Waals surface area contributed by atoms with E-state index in [0.717, 1.165) is 5.69 Å². The highest BCUT2D eigenvalue weighted by Crippen LogP contribution is 2.25. The molecular formula is C18H15F2N5O2. The average Bonchev–Trinajstić information content (AvgIpc) is 3.06. The van der Waals surface area contributed by atoms with Gasteiger partial charge in [0.25, 0.3) is 0 Å². The molecule has 3 rings (SSSR count). The molecule has 2 aromatic carbocycles. The molecule has 9 heteroatoms. The third kappa shape index (κ3) is 4.66. The summed E-state index contributed by atoms with van der Waals surface area (Å²) in [5, 5.41) is 8.30. The fourth-order valence-electron chi connectivity index (χ4n) is 2.38. The number of nitrogens with zero attached hydrogens (tertiary/aromatic N) is 3. The Balaban J connectivity index is 1.97. The lowest BCUT2D eigenvalue weighted by atomic mass is 10.1. The first kappa shape index (κ1) is 18.1. The van der Waals surface area contributed by atoms with Crippen LogP contribution in [-0.2, 0) is 0 Å². The summed E-state index contributed by atoms with van der Waals surface area (Å²) >= 11 is 0. The summed E-state index contributed by atoms with van der Waals surface area (Å²) in [4.78, 5) is 10.8. The van der Waals surface area contributed by atoms with Crippen LogP contribution in [0.3, 0.4) is 0 Å². The van der Waals surface area contributed by atoms with Crippen LogP contribution in [-0.4, -0.2) is 28.6 Å². The van der Waals surface area contributed by atoms with Gasteiger partial charge in [0, 0.05) is 17.3 Å². The van der Waals surface area contributed by atoms with Crippen LogP contribution in [0.1, 0.15) is 5.56 Å². The molecule has 27 heavy (non-hydrogen) atoms. The van der Waals surface area contributed by atoms with Gasteiger partial charge in [-0.2, -0.15) is 19.0 Å². The molecule has 1 heterocycles. The molecule has 0 aliphatic heterocycles. The zero-order valence-electron chi connectivity index (χ0n) is 13.9. The minimum absolute atomic E-state index is 0.0434. The van der Waals surface area contributed by atoms with Crippen molar-refractivity contribution in [3.63, 3.8) is 0 Å². The molecule has 0 radical (unpaired) electrons. The van der Waals surface area contributed by atoms with E-state index in [1.807, 2.05) is 30.3 Å². The third-order valence-electron chi connectivity index (χ3n) is 3.49. The number of aromatic nitrogens is 2. The molecule has 0 bridgehead atoms. The maximum Gasteiger partial charge on any atom is 0.387 e. The van der Waals surface area contributed by atoms with E-state index in [2.05, 4.69) is 20.4 Å². The van der Waals surface area contributed by atoms with Gasteiger partial charge < -0.3 is 10.5 Å². The molecule has 0 atom stereocenters. The number of nitrogens with one attached hydrogen (secondary N) is 1. The molecule has 0 fully saturated rings. The first-order valence-corrected chi connectivity index (χ1v) is 7.82. The van der Waals surface area contributed by atoms with Gasteiger partial charge in [0.05, 0.1) is 11.9 Å². The molecular weight excluding hydrogens is 356 g/mol. The fourth-order valence-corrected chi connectivity index (χ4v) is 2.38. The van der Waals surface area contributed by atoms with E-state index < -0.39 is 12.6 Å². The number of para-hydroxylation sites is 1. The van der Waals surface area contributed by atoms with Crippen LogP contribution in [0.4, 0.5) is 13.6 Å². The lowest BCUT2D eigenvalue weighted by Crippen LogP contribution is -2.24. The number of carbonyl (C=O) groups is 1. The van der Waals surface area contributed by atoms with Crippen LogP contribution in [0.25, 0.3) is 16.9 Å². The van der Waals surface area contributed by atoms with E-state index in [1.165, 1.54) is 18.3 Å². The summed E-state index contributed by atoms with van der Waals surface area (Å²) in [6, 6.07) is 14.6. The molecule has 7 nitrogen and oxygen atoms in total. The minimum Gasteiger partial charge on any atom is -0.435 e. The van der Waals surface area contributed by atoms with E-state index in [4.69, 9.17) is 5.73 Å². The average molecular weight is 371 g/mol. The van der Waals surface area contributed by atoms with Gasteiger partial charge in [-0.05, 0) is 36.4 Å². The maximum absolute atomic E-state index is 12.3. The second-order valence-electron chi connectivity index (χ2n) is 5.35. The largest absolute Gasteiger partial charge is 0.435 e. The Morgan fingerprint density at radius 1 is 1.19 bits per heavy atom. The molecule has 0 aliphatic carbocycles. The van der Waals surface area contributed by atoms with Crippen LogP contribution in [0.15, 0.2) is 65.9 Å². The Bertz CT molecular complexity index is 940. The fraction of sp³-hybridized carbons (Fsp3) is 0.0556. The van der Waals surface area contributed by atoms with E-state index in [1.54, 1.807) is 23.0 Å². The van der Waals surface area contributed by atoms with Gasteiger partial charge in [-0.25, -0.2) is 14.9 Å². The number of carbonyl (C=O) groups excluding carboxylic acids is 1. The van der Waals surface area contributed by atoms with Crippen LogP contribution >= 0.6 is 0 Å². The van der Waals surface area contributed by atoms with Crippen molar-refractivity contribution in [3.8, 4) is 22.7 Å². The van der Waals surface area contributed by atoms with Gasteiger partial charge in [-0.1, -0.05) is 18.2 Å². The topological polar surface area (TPSA) is 94.5 Å². The summed E-state index contributed by atoms with van der Waals surface area (Å²) < 4.78 is 30.6. The highest BCUT2D eigenvalue weighted by molar-refractivity contribution is 5.89. The van der Waals surface area contributed by atoms with Crippen LogP contribution in [0, 0.1) is 0 Å². The number of ether oxygens (including phenoxy) is 1. The summed E-state index contributed by atoms with van der Waals surface area (Å²) in [7, 11) is 0. The SMILES string of the molecule is NC(=O)N/N=C/c1cn(-c2ccccc2)nc1-c1ccc(OC(F)F)cc1. The summed E-state index contributed by atoms with van der Waals surface area (Å²) in [6.45, 7) is -2.89. The van der Waals surface area contributed by atoms with Crippen LogP contribution < -0.4 is 15.9 Å². The van der Waals surface area contributed by atoms with Crippen molar-refractivity contribution in [2.45, 2.75) is 6.61 Å². The van der Waals surface area contributed by atoms with Gasteiger partial charge in [-0.15, -0.1) is 0 Å². The monoisotopic (exact) mass is 371 g/mol. The Hall–Kier alpha value is -3.75. The number of hydrogen-bond acceptors (Lipinski definition) is 4. The maximum atomic E-state index is 12.3. The number of hydrogen-bond donors (Lipinski definition) is 2. The van der Waals surface area contributed by atoms with Crippen molar-refractivity contribution in [2.75, 3.05) is 0 Å². The molecule has 0 saturated heterocycles. The third-order valence-corrected chi connectivity index (χ3v) is 3.49. The molecule has 3 N–H and O–H groups in total. The second-order valence-corrected chi connectivity index (χ2v) is 5.35. The summed E-state index contributed by atoms with van der Waals surface area (Å²) in [6.07, 6.45) is 3.12. The van der Waals surface area contributed by atoms with Gasteiger partial charge in [0.15, 0.2) is 0 Å². The quantitative estimate of drug-likeness (QED) is 0.515. The normalized spacial score (nSPS) is 11.1. The van der Waals surface area contributed by atoms with Gasteiger partial charge >= 0.3 is 12.6 Å². The molecule has 138 valence electrons. The lowest BCUT2D eigenvalue weighted by molar-refractivity contribution is -0.0498. The molecule has 0 saturated carbocycles. The predicted molar refractivity (Wildman–Crippen MR) is 95.9 cm³/mol. The van der Waals surface area contributed by atoms with Gasteiger partial charge in [0.1, 0.15) is 11.4 Å². The predicted octanol–water partition coefficient (Wildman–Crippen LogP) is 3.14. The van der Waals surface area contributed by atoms with E-state index in [9.17, 15) is 13.6 Å². The Kier molecular flexibility index (Phi) is 5.41. The number of amides is 2. The first-order chi connectivity index (χ1) is 13.0. The number of nitrogens with two attached hydrogens (primary N) is 1. The van der Waals surface area contributed by atoms with Crippen molar-refractivity contribution < 1.29 is 18.3 Å². The number of rotatable bonds is 6. The van der Waals surface area contributed by atoms with Crippen LogP contribution in [0.2, 0.25) is 0 Å². The number of hydrazone groups is 1. The second kappa shape index (κ2) is 8.09. The summed E-state index contributed by atoms with van der Waals surface area (Å²) in [5.74, 6) is 0.0434. The van der Waals surface area contributed by atoms with Gasteiger partial charge in [0.2, 0.25) is 0 Å². The van der Waals surface area contributed by atoms with Crippen molar-refractivity contribution in [3.05, 3.63) is 66.4 Å². The van der Waals surface area contributed by atoms with E-state index in [0.29, 0.717) is 16.8 Å². The molecule has 3 aromatic rings. The summed E-state index contributed by atoms with van der Waals surface area (Å²) in [5.41, 5.74) is 9.73. The van der Waals surface area contributed by atoms with Crippen molar-refractivity contribution in [1.82, 2.24) is 15.2 Å². The van der Waals surface area contributed by atoms with Crippen molar-refractivity contribution in [2.24, 2.45) is 10.8 Å². The zero-order chi connectivity index (χ0) is 19.2. The number of benzene rings is 2. The number of alkyl halides is 2. The first-order valence-electron chi connectivity index (χ1n) is 7.82. The minimum atomic E-state index is -2.89. The molecule has 1 aromatic heterocycles. The van der Waals surface area contributed by atoms with E-state index >= 15 is 0 Å². The lowest BCUT2D eigenvalue weighted by Gasteiger charge is -2.05. The standard InChI is InChI=1S/C18H15F2N5O2/c19-17(20)27-15-8-6-12(7-9-15)16-13(10-22-23-18(21)26)11-25(24-16)14-4-2-1-3-5-14/h1-11,17H,(H3,21,23,26)/b22-10+. The molecule has 0 aliphatic rings. The number of halogens is 2. The number of urea groups is 1. The Morgan fingerprint density at radius 2 is 1.89 bits per heavy atom. The molecule has 2 amide bonds. The Labute approximate surface area is 153 Å². The molecule has 0 spiro atoms. The highest BCUT2D eigenvalue weighted by atomic mass is 19.3. The zero-order valence-corrected chi connectivity index (χ0v) is 13.9. The highest BCUT2D eigenvalue weighted by Gasteiger charge is 2.12. The molecule has 0 unspecified atom stereocenters. The van der Waals surface area contributed by atoms with Crippen molar-refractivity contribution in [1.29, 1.82) is 0 Å². The number of primary amides is 1. The van der Waals surface area contributed by atoms with E-state index in [-0.39, 0.29) is 5.75 Å². The van der Waals surface area contributed by atoms with Gasteiger partial charge in [-0.3, -0.25) is 0 Å².